The van der Waals surface area contributed by atoms with E-state index in [0.717, 1.165) is 16.5 Å². The number of ether oxygens (including phenoxy) is 1. The van der Waals surface area contributed by atoms with E-state index in [1.165, 1.54) is 11.1 Å². The van der Waals surface area contributed by atoms with E-state index in [-0.39, 0.29) is 6.04 Å². The van der Waals surface area contributed by atoms with Gasteiger partial charge in [0.2, 0.25) is 5.88 Å². The SMILES string of the molecule is Cc1ccc(CC(N)c2cc3ccccc3nc2Oc2ccc(Cl)cc2)cc1. The molecule has 0 fully saturated rings. The number of aryl methyl sites for hydroxylation is 1. The van der Waals surface area contributed by atoms with Crippen LogP contribution in [0, 0.1) is 6.92 Å². The summed E-state index contributed by atoms with van der Waals surface area (Å²) in [7, 11) is 0. The number of nitrogens with zero attached hydrogens (tertiary/aromatic N) is 1. The third-order valence-electron chi connectivity index (χ3n) is 4.72. The lowest BCUT2D eigenvalue weighted by Crippen LogP contribution is -2.15. The number of hydrogen-bond donors (Lipinski definition) is 1. The van der Waals surface area contributed by atoms with Crippen LogP contribution >= 0.6 is 11.6 Å². The van der Waals surface area contributed by atoms with E-state index >= 15 is 0 Å². The number of aromatic nitrogens is 1. The summed E-state index contributed by atoms with van der Waals surface area (Å²) < 4.78 is 6.10. The average molecular weight is 389 g/mol. The van der Waals surface area contributed by atoms with Crippen LogP contribution in [0.5, 0.6) is 11.6 Å². The predicted molar refractivity (Wildman–Crippen MR) is 115 cm³/mol. The van der Waals surface area contributed by atoms with Gasteiger partial charge in [-0.05, 0) is 55.3 Å². The average Bonchev–Trinajstić information content (AvgIpc) is 2.71. The smallest absolute Gasteiger partial charge is 0.224 e. The number of halogens is 1. The van der Waals surface area contributed by atoms with Crippen LogP contribution in [0.2, 0.25) is 5.02 Å². The van der Waals surface area contributed by atoms with Crippen LogP contribution in [0.15, 0.2) is 78.9 Å². The molecule has 1 heterocycles. The molecular weight excluding hydrogens is 368 g/mol. The zero-order valence-corrected chi connectivity index (χ0v) is 16.4. The highest BCUT2D eigenvalue weighted by Crippen LogP contribution is 2.32. The standard InChI is InChI=1S/C24H21ClN2O/c1-16-6-8-17(9-7-16)14-22(26)21-15-18-4-2-3-5-23(18)27-24(21)28-20-12-10-19(25)11-13-20/h2-13,15,22H,14,26H2,1H3. The maximum Gasteiger partial charge on any atom is 0.224 e. The van der Waals surface area contributed by atoms with Crippen molar-refractivity contribution in [3.63, 3.8) is 0 Å². The summed E-state index contributed by atoms with van der Waals surface area (Å²) in [6, 6.07) is 25.5. The molecule has 4 heteroatoms. The molecule has 4 rings (SSSR count). The minimum Gasteiger partial charge on any atom is -0.439 e. The predicted octanol–water partition coefficient (Wildman–Crippen LogP) is 6.23. The van der Waals surface area contributed by atoms with Crippen LogP contribution < -0.4 is 10.5 Å². The maximum atomic E-state index is 6.59. The summed E-state index contributed by atoms with van der Waals surface area (Å²) in [5.74, 6) is 1.21. The Morgan fingerprint density at radius 3 is 2.43 bits per heavy atom. The van der Waals surface area contributed by atoms with E-state index in [2.05, 4.69) is 37.3 Å². The van der Waals surface area contributed by atoms with Crippen molar-refractivity contribution in [2.24, 2.45) is 5.73 Å². The second-order valence-electron chi connectivity index (χ2n) is 6.93. The summed E-state index contributed by atoms with van der Waals surface area (Å²) in [6.45, 7) is 2.08. The first-order valence-corrected chi connectivity index (χ1v) is 9.60. The van der Waals surface area contributed by atoms with Crippen LogP contribution in [0.3, 0.4) is 0 Å². The van der Waals surface area contributed by atoms with Crippen molar-refractivity contribution in [2.75, 3.05) is 0 Å². The highest BCUT2D eigenvalue weighted by Gasteiger charge is 2.17. The highest BCUT2D eigenvalue weighted by atomic mass is 35.5. The molecule has 0 radical (unpaired) electrons. The number of fused-ring (bicyclic) bond motifs is 1. The van der Waals surface area contributed by atoms with E-state index in [0.29, 0.717) is 23.1 Å². The third-order valence-corrected chi connectivity index (χ3v) is 4.97. The number of rotatable bonds is 5. The lowest BCUT2D eigenvalue weighted by Gasteiger charge is -2.17. The Bertz CT molecular complexity index is 1090. The van der Waals surface area contributed by atoms with Crippen molar-refractivity contribution in [2.45, 2.75) is 19.4 Å². The fraction of sp³-hybridized carbons (Fsp3) is 0.125. The summed E-state index contributed by atoms with van der Waals surface area (Å²) in [5, 5.41) is 1.70. The molecule has 4 aromatic rings. The van der Waals surface area contributed by atoms with Gasteiger partial charge < -0.3 is 10.5 Å². The van der Waals surface area contributed by atoms with Crippen LogP contribution in [-0.4, -0.2) is 4.98 Å². The van der Waals surface area contributed by atoms with Gasteiger partial charge in [0, 0.05) is 22.0 Å². The van der Waals surface area contributed by atoms with Gasteiger partial charge in [0.1, 0.15) is 5.75 Å². The van der Waals surface area contributed by atoms with Crippen LogP contribution in [0.4, 0.5) is 0 Å². The fourth-order valence-corrected chi connectivity index (χ4v) is 3.29. The molecule has 28 heavy (non-hydrogen) atoms. The molecule has 0 saturated carbocycles. The van der Waals surface area contributed by atoms with E-state index < -0.39 is 0 Å². The van der Waals surface area contributed by atoms with Crippen molar-refractivity contribution in [3.8, 4) is 11.6 Å². The minimum absolute atomic E-state index is 0.234. The first kappa shape index (κ1) is 18.5. The minimum atomic E-state index is -0.234. The normalized spacial score (nSPS) is 12.1. The molecule has 0 aliphatic carbocycles. The summed E-state index contributed by atoms with van der Waals surface area (Å²) in [4.78, 5) is 4.73. The molecule has 0 aliphatic rings. The maximum absolute atomic E-state index is 6.59. The fourth-order valence-electron chi connectivity index (χ4n) is 3.16. The van der Waals surface area contributed by atoms with Crippen LogP contribution in [-0.2, 0) is 6.42 Å². The number of benzene rings is 3. The molecule has 2 N–H and O–H groups in total. The van der Waals surface area contributed by atoms with Crippen molar-refractivity contribution in [1.82, 2.24) is 4.98 Å². The Morgan fingerprint density at radius 2 is 1.68 bits per heavy atom. The molecular formula is C24H21ClN2O. The number of hydrogen-bond acceptors (Lipinski definition) is 3. The van der Waals surface area contributed by atoms with Gasteiger partial charge in [-0.1, -0.05) is 59.6 Å². The Hall–Kier alpha value is -2.88. The van der Waals surface area contributed by atoms with Crippen molar-refractivity contribution >= 4 is 22.5 Å². The van der Waals surface area contributed by atoms with Gasteiger partial charge in [-0.3, -0.25) is 0 Å². The van der Waals surface area contributed by atoms with Crippen molar-refractivity contribution < 1.29 is 4.74 Å². The zero-order chi connectivity index (χ0) is 19.5. The van der Waals surface area contributed by atoms with Crippen LogP contribution in [0.25, 0.3) is 10.9 Å². The quantitative estimate of drug-likeness (QED) is 0.440. The van der Waals surface area contributed by atoms with Gasteiger partial charge in [-0.15, -0.1) is 0 Å². The zero-order valence-electron chi connectivity index (χ0n) is 15.6. The second-order valence-corrected chi connectivity index (χ2v) is 7.36. The first-order chi connectivity index (χ1) is 13.6. The van der Waals surface area contributed by atoms with Gasteiger partial charge in [0.15, 0.2) is 0 Å². The van der Waals surface area contributed by atoms with Crippen molar-refractivity contribution in [1.29, 1.82) is 0 Å². The van der Waals surface area contributed by atoms with Gasteiger partial charge in [0.25, 0.3) is 0 Å². The lowest BCUT2D eigenvalue weighted by atomic mass is 9.98. The summed E-state index contributed by atoms with van der Waals surface area (Å²) >= 11 is 5.98. The van der Waals surface area contributed by atoms with Gasteiger partial charge >= 0.3 is 0 Å². The topological polar surface area (TPSA) is 48.1 Å². The Balaban J connectivity index is 1.71. The lowest BCUT2D eigenvalue weighted by molar-refractivity contribution is 0.452. The largest absolute Gasteiger partial charge is 0.439 e. The number of pyridine rings is 1. The summed E-state index contributed by atoms with van der Waals surface area (Å²) in [5.41, 5.74) is 10.8. The molecule has 1 unspecified atom stereocenters. The highest BCUT2D eigenvalue weighted by molar-refractivity contribution is 6.30. The third kappa shape index (κ3) is 4.16. The van der Waals surface area contributed by atoms with Crippen molar-refractivity contribution in [3.05, 3.63) is 101 Å². The van der Waals surface area contributed by atoms with Gasteiger partial charge in [-0.25, -0.2) is 4.98 Å². The van der Waals surface area contributed by atoms with Crippen LogP contribution in [0.1, 0.15) is 22.7 Å². The summed E-state index contributed by atoms with van der Waals surface area (Å²) in [6.07, 6.45) is 0.706. The molecule has 1 atom stereocenters. The van der Waals surface area contributed by atoms with E-state index in [1.54, 1.807) is 12.1 Å². The molecule has 0 aliphatic heterocycles. The molecule has 3 aromatic carbocycles. The van der Waals surface area contributed by atoms with Gasteiger partial charge in [-0.2, -0.15) is 0 Å². The molecule has 140 valence electrons. The Morgan fingerprint density at radius 1 is 0.964 bits per heavy atom. The van der Waals surface area contributed by atoms with E-state index in [4.69, 9.17) is 27.1 Å². The number of para-hydroxylation sites is 1. The molecule has 1 aromatic heterocycles. The molecule has 0 bridgehead atoms. The Kier molecular flexibility index (Phi) is 5.29. The van der Waals surface area contributed by atoms with E-state index in [1.807, 2.05) is 36.4 Å². The number of nitrogens with two attached hydrogens (primary N) is 1. The Labute approximate surface area is 169 Å². The van der Waals surface area contributed by atoms with E-state index in [9.17, 15) is 0 Å². The second kappa shape index (κ2) is 8.01. The molecule has 0 saturated heterocycles. The monoisotopic (exact) mass is 388 g/mol. The molecule has 0 spiro atoms. The molecule has 0 amide bonds. The first-order valence-electron chi connectivity index (χ1n) is 9.23. The van der Waals surface area contributed by atoms with Gasteiger partial charge in [0.05, 0.1) is 5.52 Å². The molecule has 3 nitrogen and oxygen atoms in total.